The molecule has 0 aliphatic heterocycles. The molecule has 114 valence electrons. The smallest absolute Gasteiger partial charge is 0.253 e. The van der Waals surface area contributed by atoms with Crippen molar-refractivity contribution >= 4 is 17.5 Å². The third-order valence-corrected chi connectivity index (χ3v) is 3.54. The lowest BCUT2D eigenvalue weighted by Gasteiger charge is -2.11. The number of hydrogen-bond donors (Lipinski definition) is 2. The van der Waals surface area contributed by atoms with Crippen LogP contribution in [0.4, 0.5) is 5.69 Å². The van der Waals surface area contributed by atoms with E-state index in [4.69, 9.17) is 4.42 Å². The Kier molecular flexibility index (Phi) is 4.23. The summed E-state index contributed by atoms with van der Waals surface area (Å²) in [5.74, 6) is 0.502. The molecule has 1 saturated carbocycles. The lowest BCUT2D eigenvalue weighted by Crippen LogP contribution is -2.27. The summed E-state index contributed by atoms with van der Waals surface area (Å²) in [4.78, 5) is 24.2. The molecule has 3 rings (SSSR count). The van der Waals surface area contributed by atoms with Crippen LogP contribution in [0.15, 0.2) is 47.1 Å². The molecule has 0 bridgehead atoms. The topological polar surface area (TPSA) is 71.3 Å². The highest BCUT2D eigenvalue weighted by Crippen LogP contribution is 2.21. The number of furan rings is 1. The first-order valence-electron chi connectivity index (χ1n) is 7.44. The van der Waals surface area contributed by atoms with Crippen molar-refractivity contribution in [2.24, 2.45) is 0 Å². The number of aryl methyl sites for hydroxylation is 1. The number of para-hydroxylation sites is 1. The second-order valence-electron chi connectivity index (χ2n) is 5.42. The third-order valence-electron chi connectivity index (χ3n) is 3.54. The Balaban J connectivity index is 1.61. The van der Waals surface area contributed by atoms with Crippen LogP contribution in [0.2, 0.25) is 0 Å². The third kappa shape index (κ3) is 3.75. The van der Waals surface area contributed by atoms with E-state index in [0.29, 0.717) is 24.1 Å². The summed E-state index contributed by atoms with van der Waals surface area (Å²) >= 11 is 0. The molecule has 5 nitrogen and oxygen atoms in total. The monoisotopic (exact) mass is 298 g/mol. The van der Waals surface area contributed by atoms with E-state index in [1.807, 2.05) is 6.07 Å². The highest BCUT2D eigenvalue weighted by Gasteiger charge is 2.24. The molecule has 1 aromatic carbocycles. The van der Waals surface area contributed by atoms with Crippen molar-refractivity contribution in [2.75, 3.05) is 5.32 Å². The lowest BCUT2D eigenvalue weighted by molar-refractivity contribution is -0.116. The molecule has 22 heavy (non-hydrogen) atoms. The Hall–Kier alpha value is -2.56. The van der Waals surface area contributed by atoms with Crippen molar-refractivity contribution < 1.29 is 14.0 Å². The maximum Gasteiger partial charge on any atom is 0.253 e. The predicted octanol–water partition coefficient (Wildman–Crippen LogP) is 2.74. The standard InChI is InChI=1S/C17H18N2O3/c20-16(10-9-13-4-3-11-22-13)19-15-6-2-1-5-14(15)17(21)18-12-7-8-12/h1-6,11-12H,7-10H2,(H,18,21)(H,19,20). The number of carbonyl (C=O) groups excluding carboxylic acids is 2. The second kappa shape index (κ2) is 6.47. The summed E-state index contributed by atoms with van der Waals surface area (Å²) in [6.45, 7) is 0. The van der Waals surface area contributed by atoms with Gasteiger partial charge in [-0.2, -0.15) is 0 Å². The Labute approximate surface area is 128 Å². The van der Waals surface area contributed by atoms with Gasteiger partial charge in [-0.1, -0.05) is 12.1 Å². The molecule has 5 heteroatoms. The Bertz CT molecular complexity index is 660. The molecule has 0 unspecified atom stereocenters. The van der Waals surface area contributed by atoms with Crippen LogP contribution in [0, 0.1) is 0 Å². The van der Waals surface area contributed by atoms with Gasteiger partial charge >= 0.3 is 0 Å². The molecule has 1 heterocycles. The quantitative estimate of drug-likeness (QED) is 0.861. The number of benzene rings is 1. The van der Waals surface area contributed by atoms with Gasteiger partial charge in [0.2, 0.25) is 5.91 Å². The van der Waals surface area contributed by atoms with Crippen LogP contribution in [0.5, 0.6) is 0 Å². The van der Waals surface area contributed by atoms with Gasteiger partial charge in [-0.25, -0.2) is 0 Å². The number of nitrogens with one attached hydrogen (secondary N) is 2. The summed E-state index contributed by atoms with van der Waals surface area (Å²) in [5, 5.41) is 5.74. The molecule has 1 fully saturated rings. The van der Waals surface area contributed by atoms with Gasteiger partial charge in [-0.15, -0.1) is 0 Å². The maximum absolute atomic E-state index is 12.2. The summed E-state index contributed by atoms with van der Waals surface area (Å²) in [6, 6.07) is 11.0. The van der Waals surface area contributed by atoms with Crippen LogP contribution < -0.4 is 10.6 Å². The van der Waals surface area contributed by atoms with E-state index in [2.05, 4.69) is 10.6 Å². The molecule has 0 atom stereocenters. The van der Waals surface area contributed by atoms with Gasteiger partial charge in [0, 0.05) is 18.9 Å². The lowest BCUT2D eigenvalue weighted by atomic mass is 10.1. The van der Waals surface area contributed by atoms with E-state index < -0.39 is 0 Å². The maximum atomic E-state index is 12.2. The van der Waals surface area contributed by atoms with Gasteiger partial charge in [-0.05, 0) is 37.1 Å². The van der Waals surface area contributed by atoms with Crippen molar-refractivity contribution in [3.63, 3.8) is 0 Å². The Morgan fingerprint density at radius 3 is 2.68 bits per heavy atom. The van der Waals surface area contributed by atoms with Gasteiger partial charge in [0.1, 0.15) is 5.76 Å². The van der Waals surface area contributed by atoms with Gasteiger partial charge in [0.15, 0.2) is 0 Å². The number of carbonyl (C=O) groups is 2. The summed E-state index contributed by atoms with van der Waals surface area (Å²) in [5.41, 5.74) is 1.05. The average molecular weight is 298 g/mol. The minimum Gasteiger partial charge on any atom is -0.469 e. The number of amides is 2. The largest absolute Gasteiger partial charge is 0.469 e. The summed E-state index contributed by atoms with van der Waals surface area (Å²) < 4.78 is 5.20. The van der Waals surface area contributed by atoms with E-state index in [1.54, 1.807) is 36.6 Å². The number of anilines is 1. The van der Waals surface area contributed by atoms with Crippen LogP contribution in [-0.2, 0) is 11.2 Å². The number of rotatable bonds is 6. The van der Waals surface area contributed by atoms with Gasteiger partial charge in [0.05, 0.1) is 17.5 Å². The fraction of sp³-hybridized carbons (Fsp3) is 0.294. The van der Waals surface area contributed by atoms with Gasteiger partial charge in [-0.3, -0.25) is 9.59 Å². The first-order valence-corrected chi connectivity index (χ1v) is 7.44. The SMILES string of the molecule is O=C(CCc1ccco1)Nc1ccccc1C(=O)NC1CC1. The zero-order valence-corrected chi connectivity index (χ0v) is 12.2. The van der Waals surface area contributed by atoms with E-state index in [0.717, 1.165) is 18.6 Å². The highest BCUT2D eigenvalue weighted by atomic mass is 16.3. The average Bonchev–Trinajstić information content (AvgIpc) is 3.17. The van der Waals surface area contributed by atoms with E-state index in [-0.39, 0.29) is 17.9 Å². The minimum atomic E-state index is -0.136. The Morgan fingerprint density at radius 2 is 1.95 bits per heavy atom. The highest BCUT2D eigenvalue weighted by molar-refractivity contribution is 6.03. The van der Waals surface area contributed by atoms with E-state index in [9.17, 15) is 9.59 Å². The molecule has 1 aliphatic rings. The van der Waals surface area contributed by atoms with Crippen molar-refractivity contribution in [1.82, 2.24) is 5.32 Å². The Morgan fingerprint density at radius 1 is 1.14 bits per heavy atom. The summed E-state index contributed by atoms with van der Waals surface area (Å²) in [7, 11) is 0. The first-order chi connectivity index (χ1) is 10.7. The fourth-order valence-electron chi connectivity index (χ4n) is 2.19. The van der Waals surface area contributed by atoms with E-state index >= 15 is 0 Å². The molecule has 2 N–H and O–H groups in total. The van der Waals surface area contributed by atoms with Crippen molar-refractivity contribution in [1.29, 1.82) is 0 Å². The molecular weight excluding hydrogens is 280 g/mol. The van der Waals surface area contributed by atoms with Crippen molar-refractivity contribution in [3.05, 3.63) is 54.0 Å². The fourth-order valence-corrected chi connectivity index (χ4v) is 2.19. The zero-order chi connectivity index (χ0) is 15.4. The molecule has 0 saturated heterocycles. The van der Waals surface area contributed by atoms with Crippen molar-refractivity contribution in [3.8, 4) is 0 Å². The molecule has 2 amide bonds. The van der Waals surface area contributed by atoms with Crippen LogP contribution >= 0.6 is 0 Å². The normalized spacial score (nSPS) is 13.6. The van der Waals surface area contributed by atoms with Crippen LogP contribution in [0.25, 0.3) is 0 Å². The summed E-state index contributed by atoms with van der Waals surface area (Å²) in [6.07, 6.45) is 4.50. The molecular formula is C17H18N2O3. The molecule has 1 aromatic heterocycles. The molecule has 0 radical (unpaired) electrons. The first kappa shape index (κ1) is 14.4. The molecule has 2 aromatic rings. The number of hydrogen-bond acceptors (Lipinski definition) is 3. The molecule has 0 spiro atoms. The van der Waals surface area contributed by atoms with Gasteiger partial charge < -0.3 is 15.1 Å². The van der Waals surface area contributed by atoms with Crippen LogP contribution in [0.1, 0.15) is 35.4 Å². The van der Waals surface area contributed by atoms with Crippen LogP contribution in [-0.4, -0.2) is 17.9 Å². The van der Waals surface area contributed by atoms with Gasteiger partial charge in [0.25, 0.3) is 5.91 Å². The van der Waals surface area contributed by atoms with Crippen LogP contribution in [0.3, 0.4) is 0 Å². The molecule has 1 aliphatic carbocycles. The minimum absolute atomic E-state index is 0.135. The second-order valence-corrected chi connectivity index (χ2v) is 5.42. The predicted molar refractivity (Wildman–Crippen MR) is 82.6 cm³/mol. The van der Waals surface area contributed by atoms with Crippen molar-refractivity contribution in [2.45, 2.75) is 31.7 Å². The zero-order valence-electron chi connectivity index (χ0n) is 12.2. The van der Waals surface area contributed by atoms with E-state index in [1.165, 1.54) is 0 Å².